The molecule has 67 heavy (non-hydrogen) atoms. The van der Waals surface area contributed by atoms with E-state index < -0.39 is 0 Å². The van der Waals surface area contributed by atoms with Crippen LogP contribution in [0.3, 0.4) is 0 Å². The van der Waals surface area contributed by atoms with E-state index in [0.29, 0.717) is 48.5 Å². The zero-order chi connectivity index (χ0) is 47.0. The molecule has 0 spiro atoms. The molecule has 9 rings (SSSR count). The van der Waals surface area contributed by atoms with E-state index in [9.17, 15) is 14.7 Å². The van der Waals surface area contributed by atoms with E-state index in [-0.39, 0.29) is 43.0 Å². The summed E-state index contributed by atoms with van der Waals surface area (Å²) >= 11 is 0. The quantitative estimate of drug-likeness (QED) is 0.140. The minimum Gasteiger partial charge on any atom is -0.505 e. The number of aliphatic hydroxyl groups is 2. The van der Waals surface area contributed by atoms with Gasteiger partial charge in [-0.3, -0.25) is 19.0 Å². The van der Waals surface area contributed by atoms with Crippen LogP contribution >= 0.6 is 0 Å². The van der Waals surface area contributed by atoms with Gasteiger partial charge in [0.2, 0.25) is 0 Å². The highest BCUT2D eigenvalue weighted by Crippen LogP contribution is 2.21. The van der Waals surface area contributed by atoms with Crippen molar-refractivity contribution in [2.45, 2.75) is 38.6 Å². The maximum Gasteiger partial charge on any atom is 0.267 e. The van der Waals surface area contributed by atoms with Crippen molar-refractivity contribution in [1.82, 2.24) is 59.1 Å². The van der Waals surface area contributed by atoms with Gasteiger partial charge >= 0.3 is 0 Å². The van der Waals surface area contributed by atoms with Crippen molar-refractivity contribution in [3.05, 3.63) is 154 Å². The molecule has 0 radical (unpaired) electrons. The SMILES string of the molecule is Cn1cc(-c2ccc(=O)n(Cc3cccc(-c4ncc(O)cn4)c3)n2)cn1.Cn1cc(-c2ccc(=O)n(Cc3cccc(-c4ncc(OCCO)cn4)c3)n2)cn1.OCCOC1CCCCO1. The summed E-state index contributed by atoms with van der Waals surface area (Å²) in [5.74, 6) is 1.54. The average molecular weight is 911 g/mol. The van der Waals surface area contributed by atoms with E-state index in [4.69, 9.17) is 24.4 Å². The van der Waals surface area contributed by atoms with Crippen LogP contribution in [0.15, 0.2) is 132 Å². The Morgan fingerprint density at radius 1 is 0.642 bits per heavy atom. The molecule has 0 amide bonds. The van der Waals surface area contributed by atoms with Gasteiger partial charge in [0.05, 0.1) is 81.5 Å². The summed E-state index contributed by atoms with van der Waals surface area (Å²) in [6, 6.07) is 21.6. The predicted molar refractivity (Wildman–Crippen MR) is 245 cm³/mol. The van der Waals surface area contributed by atoms with Crippen molar-refractivity contribution >= 4 is 0 Å². The van der Waals surface area contributed by atoms with Crippen molar-refractivity contribution in [3.8, 4) is 56.8 Å². The van der Waals surface area contributed by atoms with Crippen molar-refractivity contribution < 1.29 is 29.5 Å². The van der Waals surface area contributed by atoms with Gasteiger partial charge in [-0.2, -0.15) is 20.4 Å². The molecule has 0 aliphatic carbocycles. The molecule has 2 aromatic carbocycles. The standard InChI is InChI=1S/C21H20N6O3.C19H16N6O2.C7H14O3/c1-26-14-17(10-24-26)19-5-6-20(29)27(25-19)13-15-3-2-4-16(9-15)21-22-11-18(12-23-21)30-8-7-28;1-24-12-15(8-22-24)17-5-6-18(27)25(23-17)11-13-3-2-4-14(7-13)19-20-9-16(26)10-21-19;8-4-6-10-7-3-1-2-5-9-7/h2-6,9-12,14,28H,7-8,13H2,1H3;2-10,12,26H,11H2,1H3;7-8H,1-6H2. The van der Waals surface area contributed by atoms with Gasteiger partial charge in [0.25, 0.3) is 11.1 Å². The number of hydrogen-bond acceptors (Lipinski definition) is 16. The molecule has 0 bridgehead atoms. The molecule has 3 N–H and O–H groups in total. The lowest BCUT2D eigenvalue weighted by atomic mass is 10.1. The predicted octanol–water partition coefficient (Wildman–Crippen LogP) is 3.90. The Kier molecular flexibility index (Phi) is 16.5. The summed E-state index contributed by atoms with van der Waals surface area (Å²) in [4.78, 5) is 41.4. The van der Waals surface area contributed by atoms with Gasteiger partial charge in [-0.05, 0) is 54.7 Å². The molecule has 346 valence electrons. The van der Waals surface area contributed by atoms with Crippen LogP contribution in [0.5, 0.6) is 11.5 Å². The lowest BCUT2D eigenvalue weighted by molar-refractivity contribution is -0.166. The third-order valence-electron chi connectivity index (χ3n) is 9.93. The fraction of sp³-hybridized carbons (Fsp3) is 0.277. The van der Waals surface area contributed by atoms with Crippen molar-refractivity contribution in [2.24, 2.45) is 14.1 Å². The summed E-state index contributed by atoms with van der Waals surface area (Å²) in [6.45, 7) is 2.04. The van der Waals surface area contributed by atoms with E-state index in [1.807, 2.05) is 75.0 Å². The smallest absolute Gasteiger partial charge is 0.267 e. The molecule has 20 heteroatoms. The first-order chi connectivity index (χ1) is 32.6. The number of aliphatic hydroxyl groups excluding tert-OH is 2. The summed E-state index contributed by atoms with van der Waals surface area (Å²) < 4.78 is 21.9. The van der Waals surface area contributed by atoms with E-state index in [0.717, 1.165) is 52.8 Å². The van der Waals surface area contributed by atoms with Crippen LogP contribution < -0.4 is 15.9 Å². The molecule has 0 saturated carbocycles. The number of rotatable bonds is 14. The van der Waals surface area contributed by atoms with Gasteiger partial charge in [-0.1, -0.05) is 36.4 Å². The lowest BCUT2D eigenvalue weighted by Crippen LogP contribution is -2.23. The number of nitrogens with zero attached hydrogens (tertiary/aromatic N) is 12. The Morgan fingerprint density at radius 3 is 1.63 bits per heavy atom. The maximum absolute atomic E-state index is 12.3. The monoisotopic (exact) mass is 910 g/mol. The molecule has 20 nitrogen and oxygen atoms in total. The Morgan fingerprint density at radius 2 is 1.16 bits per heavy atom. The molecular formula is C47H50N12O8. The van der Waals surface area contributed by atoms with Gasteiger partial charge in [-0.25, -0.2) is 29.3 Å². The molecule has 1 saturated heterocycles. The molecule has 1 aliphatic rings. The molecular weight excluding hydrogens is 861 g/mol. The van der Waals surface area contributed by atoms with Crippen molar-refractivity contribution in [2.75, 3.05) is 33.0 Å². The highest BCUT2D eigenvalue weighted by atomic mass is 16.7. The second-order valence-electron chi connectivity index (χ2n) is 15.1. The number of aryl methyl sites for hydroxylation is 2. The summed E-state index contributed by atoms with van der Waals surface area (Å²) in [5, 5.41) is 43.8. The maximum atomic E-state index is 12.3. The van der Waals surface area contributed by atoms with Crippen LogP contribution in [0.4, 0.5) is 0 Å². The molecule has 1 unspecified atom stereocenters. The van der Waals surface area contributed by atoms with Crippen LogP contribution in [0.25, 0.3) is 45.3 Å². The first kappa shape index (κ1) is 47.2. The number of hydrogen-bond donors (Lipinski definition) is 3. The second-order valence-corrected chi connectivity index (χ2v) is 15.1. The normalized spacial score (nSPS) is 13.2. The van der Waals surface area contributed by atoms with Crippen LogP contribution in [0.2, 0.25) is 0 Å². The number of benzene rings is 2. The Hall–Kier alpha value is -7.78. The Bertz CT molecular complexity index is 2930. The third kappa shape index (κ3) is 13.6. The minimum atomic E-state index is -0.186. The fourth-order valence-electron chi connectivity index (χ4n) is 6.70. The van der Waals surface area contributed by atoms with Crippen molar-refractivity contribution in [3.63, 3.8) is 0 Å². The third-order valence-corrected chi connectivity index (χ3v) is 9.93. The molecule has 6 aromatic heterocycles. The highest BCUT2D eigenvalue weighted by molar-refractivity contribution is 5.58. The largest absolute Gasteiger partial charge is 0.505 e. The summed E-state index contributed by atoms with van der Waals surface area (Å²) in [7, 11) is 3.66. The lowest BCUT2D eigenvalue weighted by Gasteiger charge is -2.22. The van der Waals surface area contributed by atoms with Crippen LogP contribution in [0, 0.1) is 0 Å². The van der Waals surface area contributed by atoms with Crippen LogP contribution in [0.1, 0.15) is 30.4 Å². The first-order valence-electron chi connectivity index (χ1n) is 21.4. The second kappa shape index (κ2) is 23.4. The zero-order valence-corrected chi connectivity index (χ0v) is 36.9. The average Bonchev–Trinajstić information content (AvgIpc) is 4.00. The molecule has 1 aliphatic heterocycles. The zero-order valence-electron chi connectivity index (χ0n) is 36.9. The van der Waals surface area contributed by atoms with Gasteiger partial charge in [-0.15, -0.1) is 0 Å². The minimum absolute atomic E-state index is 0.0119. The molecule has 1 fully saturated rings. The van der Waals surface area contributed by atoms with E-state index in [1.165, 1.54) is 40.3 Å². The van der Waals surface area contributed by atoms with Crippen LogP contribution in [-0.2, 0) is 36.7 Å². The molecule has 7 heterocycles. The van der Waals surface area contributed by atoms with E-state index >= 15 is 0 Å². The number of aromatic hydroxyl groups is 1. The topological polar surface area (TPSA) is 245 Å². The summed E-state index contributed by atoms with van der Waals surface area (Å²) in [6.07, 6.45) is 16.2. The van der Waals surface area contributed by atoms with Crippen molar-refractivity contribution in [1.29, 1.82) is 0 Å². The first-order valence-corrected chi connectivity index (χ1v) is 21.4. The fourth-order valence-corrected chi connectivity index (χ4v) is 6.70. The highest BCUT2D eigenvalue weighted by Gasteiger charge is 2.13. The number of ether oxygens (including phenoxy) is 3. The van der Waals surface area contributed by atoms with Gasteiger partial charge in [0, 0.05) is 67.5 Å². The Labute approximate surface area is 384 Å². The van der Waals surface area contributed by atoms with Crippen LogP contribution in [-0.4, -0.2) is 114 Å². The summed E-state index contributed by atoms with van der Waals surface area (Å²) in [5.41, 5.74) is 6.08. The molecule has 8 aromatic rings. The van der Waals surface area contributed by atoms with E-state index in [2.05, 4.69) is 40.3 Å². The number of aromatic nitrogens is 12. The van der Waals surface area contributed by atoms with Gasteiger partial charge < -0.3 is 29.5 Å². The Balaban J connectivity index is 0.000000166. The van der Waals surface area contributed by atoms with Gasteiger partial charge in [0.1, 0.15) is 6.61 Å². The van der Waals surface area contributed by atoms with E-state index in [1.54, 1.807) is 46.3 Å². The van der Waals surface area contributed by atoms with Gasteiger partial charge in [0.15, 0.2) is 29.4 Å². The molecule has 1 atom stereocenters.